The number of alkyl halides is 2. The topological polar surface area (TPSA) is 21.3 Å². The molecule has 0 aliphatic carbocycles. The Kier molecular flexibility index (Phi) is 5.53. The predicted octanol–water partition coefficient (Wildman–Crippen LogP) is 4.54. The van der Waals surface area contributed by atoms with E-state index in [1.54, 1.807) is 18.2 Å². The normalized spacial score (nSPS) is 10.9. The SMILES string of the molecule is Cc1ccc(CNCc2ccccc2OC(F)F)cc1Cl. The highest BCUT2D eigenvalue weighted by atomic mass is 35.5. The van der Waals surface area contributed by atoms with Gasteiger partial charge in [-0.05, 0) is 30.2 Å². The molecule has 0 aliphatic heterocycles. The molecule has 0 saturated carbocycles. The fourth-order valence-corrected chi connectivity index (χ4v) is 2.15. The molecule has 0 fully saturated rings. The Morgan fingerprint density at radius 3 is 2.62 bits per heavy atom. The molecule has 2 rings (SSSR count). The number of aryl methyl sites for hydroxylation is 1. The molecule has 112 valence electrons. The van der Waals surface area contributed by atoms with Gasteiger partial charge in [0.05, 0.1) is 0 Å². The Balaban J connectivity index is 1.95. The van der Waals surface area contributed by atoms with Crippen LogP contribution in [0.25, 0.3) is 0 Å². The summed E-state index contributed by atoms with van der Waals surface area (Å²) in [4.78, 5) is 0. The van der Waals surface area contributed by atoms with Crippen LogP contribution >= 0.6 is 11.6 Å². The molecular weight excluding hydrogens is 296 g/mol. The smallest absolute Gasteiger partial charge is 0.387 e. The second kappa shape index (κ2) is 7.38. The van der Waals surface area contributed by atoms with E-state index in [1.165, 1.54) is 6.07 Å². The van der Waals surface area contributed by atoms with Gasteiger partial charge in [0.15, 0.2) is 0 Å². The van der Waals surface area contributed by atoms with Crippen molar-refractivity contribution in [3.63, 3.8) is 0 Å². The molecule has 2 aromatic carbocycles. The summed E-state index contributed by atoms with van der Waals surface area (Å²) in [6.07, 6.45) is 0. The van der Waals surface area contributed by atoms with E-state index in [0.717, 1.165) is 16.1 Å². The van der Waals surface area contributed by atoms with Gasteiger partial charge in [-0.2, -0.15) is 8.78 Å². The fourth-order valence-electron chi connectivity index (χ4n) is 1.95. The lowest BCUT2D eigenvalue weighted by Gasteiger charge is -2.11. The number of rotatable bonds is 6. The van der Waals surface area contributed by atoms with Gasteiger partial charge in [-0.1, -0.05) is 41.9 Å². The van der Waals surface area contributed by atoms with Crippen LogP contribution in [0, 0.1) is 6.92 Å². The predicted molar refractivity (Wildman–Crippen MR) is 79.8 cm³/mol. The van der Waals surface area contributed by atoms with E-state index in [9.17, 15) is 8.78 Å². The first-order valence-corrected chi connectivity index (χ1v) is 6.92. The van der Waals surface area contributed by atoms with Crippen LogP contribution in [0.5, 0.6) is 5.75 Å². The maximum atomic E-state index is 12.3. The first kappa shape index (κ1) is 15.7. The maximum Gasteiger partial charge on any atom is 0.387 e. The highest BCUT2D eigenvalue weighted by Crippen LogP contribution is 2.20. The summed E-state index contributed by atoms with van der Waals surface area (Å²) in [5.41, 5.74) is 2.75. The van der Waals surface area contributed by atoms with Crippen LogP contribution < -0.4 is 10.1 Å². The van der Waals surface area contributed by atoms with Gasteiger partial charge >= 0.3 is 6.61 Å². The summed E-state index contributed by atoms with van der Waals surface area (Å²) in [5, 5.41) is 3.91. The summed E-state index contributed by atoms with van der Waals surface area (Å²) < 4.78 is 29.1. The van der Waals surface area contributed by atoms with E-state index < -0.39 is 6.61 Å². The molecule has 2 nitrogen and oxygen atoms in total. The average Bonchev–Trinajstić information content (AvgIpc) is 2.44. The van der Waals surface area contributed by atoms with E-state index in [0.29, 0.717) is 18.7 Å². The molecule has 0 spiro atoms. The zero-order chi connectivity index (χ0) is 15.2. The molecule has 0 heterocycles. The quantitative estimate of drug-likeness (QED) is 0.845. The van der Waals surface area contributed by atoms with Gasteiger partial charge in [-0.25, -0.2) is 0 Å². The summed E-state index contributed by atoms with van der Waals surface area (Å²) in [7, 11) is 0. The van der Waals surface area contributed by atoms with Crippen LogP contribution in [0.3, 0.4) is 0 Å². The van der Waals surface area contributed by atoms with Gasteiger partial charge in [0.2, 0.25) is 0 Å². The summed E-state index contributed by atoms with van der Waals surface area (Å²) in [5.74, 6) is 0.196. The minimum Gasteiger partial charge on any atom is -0.434 e. The van der Waals surface area contributed by atoms with Gasteiger partial charge in [0, 0.05) is 23.7 Å². The third kappa shape index (κ3) is 4.69. The molecule has 0 aliphatic rings. The van der Waals surface area contributed by atoms with Crippen molar-refractivity contribution in [3.8, 4) is 5.75 Å². The van der Waals surface area contributed by atoms with Crippen LogP contribution in [0.2, 0.25) is 5.02 Å². The minimum atomic E-state index is -2.82. The molecule has 5 heteroatoms. The molecule has 21 heavy (non-hydrogen) atoms. The standard InChI is InChI=1S/C16H16ClF2NO/c1-11-6-7-12(8-14(11)17)9-20-10-13-4-2-3-5-15(13)21-16(18)19/h2-8,16,20H,9-10H2,1H3. The molecule has 0 atom stereocenters. The van der Waals surface area contributed by atoms with Crippen molar-refractivity contribution < 1.29 is 13.5 Å². The Morgan fingerprint density at radius 2 is 1.90 bits per heavy atom. The third-order valence-electron chi connectivity index (χ3n) is 3.07. The van der Waals surface area contributed by atoms with E-state index >= 15 is 0 Å². The lowest BCUT2D eigenvalue weighted by Crippen LogP contribution is -2.14. The lowest BCUT2D eigenvalue weighted by molar-refractivity contribution is -0.0505. The molecular formula is C16H16ClF2NO. The number of halogens is 3. The van der Waals surface area contributed by atoms with Crippen LogP contribution in [0.1, 0.15) is 16.7 Å². The number of para-hydroxylation sites is 1. The largest absolute Gasteiger partial charge is 0.434 e. The number of hydrogen-bond acceptors (Lipinski definition) is 2. The van der Waals surface area contributed by atoms with Crippen molar-refractivity contribution >= 4 is 11.6 Å². The minimum absolute atomic E-state index is 0.196. The van der Waals surface area contributed by atoms with Gasteiger partial charge < -0.3 is 10.1 Å². The van der Waals surface area contributed by atoms with E-state index in [2.05, 4.69) is 10.1 Å². The van der Waals surface area contributed by atoms with Gasteiger partial charge in [-0.15, -0.1) is 0 Å². The fraction of sp³-hybridized carbons (Fsp3) is 0.250. The first-order chi connectivity index (χ1) is 10.1. The maximum absolute atomic E-state index is 12.3. The van der Waals surface area contributed by atoms with Crippen molar-refractivity contribution in [1.82, 2.24) is 5.32 Å². The number of nitrogens with one attached hydrogen (secondary N) is 1. The third-order valence-corrected chi connectivity index (χ3v) is 3.48. The molecule has 2 aromatic rings. The zero-order valence-electron chi connectivity index (χ0n) is 11.6. The molecule has 0 amide bonds. The van der Waals surface area contributed by atoms with Crippen LogP contribution in [-0.4, -0.2) is 6.61 Å². The van der Waals surface area contributed by atoms with Crippen molar-refractivity contribution in [3.05, 3.63) is 64.2 Å². The van der Waals surface area contributed by atoms with Crippen LogP contribution in [0.15, 0.2) is 42.5 Å². The number of hydrogen-bond donors (Lipinski definition) is 1. The van der Waals surface area contributed by atoms with Crippen LogP contribution in [0.4, 0.5) is 8.78 Å². The van der Waals surface area contributed by atoms with E-state index in [4.69, 9.17) is 11.6 Å². The Labute approximate surface area is 127 Å². The van der Waals surface area contributed by atoms with E-state index in [1.807, 2.05) is 25.1 Å². The molecule has 0 saturated heterocycles. The second-order valence-corrected chi connectivity index (χ2v) is 5.08. The van der Waals surface area contributed by atoms with Crippen molar-refractivity contribution in [2.24, 2.45) is 0 Å². The van der Waals surface area contributed by atoms with Gasteiger partial charge in [0.1, 0.15) is 5.75 Å². The van der Waals surface area contributed by atoms with Crippen molar-refractivity contribution in [2.75, 3.05) is 0 Å². The molecule has 0 unspecified atom stereocenters. The number of benzene rings is 2. The summed E-state index contributed by atoms with van der Waals surface area (Å²) in [6.45, 7) is 0.163. The van der Waals surface area contributed by atoms with Gasteiger partial charge in [-0.3, -0.25) is 0 Å². The molecule has 1 N–H and O–H groups in total. The molecule has 0 aromatic heterocycles. The Morgan fingerprint density at radius 1 is 1.14 bits per heavy atom. The van der Waals surface area contributed by atoms with E-state index in [-0.39, 0.29) is 5.75 Å². The monoisotopic (exact) mass is 311 g/mol. The molecule has 0 radical (unpaired) electrons. The lowest BCUT2D eigenvalue weighted by atomic mass is 10.1. The first-order valence-electron chi connectivity index (χ1n) is 6.54. The zero-order valence-corrected chi connectivity index (χ0v) is 12.3. The summed E-state index contributed by atoms with van der Waals surface area (Å²) >= 11 is 6.06. The average molecular weight is 312 g/mol. The molecule has 0 bridgehead atoms. The van der Waals surface area contributed by atoms with Crippen LogP contribution in [-0.2, 0) is 13.1 Å². The highest BCUT2D eigenvalue weighted by Gasteiger charge is 2.08. The summed E-state index contributed by atoms with van der Waals surface area (Å²) in [6, 6.07) is 12.6. The van der Waals surface area contributed by atoms with Crippen molar-refractivity contribution in [2.45, 2.75) is 26.6 Å². The Bertz CT molecular complexity index is 605. The Hall–Kier alpha value is -1.65. The second-order valence-electron chi connectivity index (χ2n) is 4.67. The van der Waals surface area contributed by atoms with Gasteiger partial charge in [0.25, 0.3) is 0 Å². The number of ether oxygens (including phenoxy) is 1. The highest BCUT2D eigenvalue weighted by molar-refractivity contribution is 6.31. The van der Waals surface area contributed by atoms with Crippen molar-refractivity contribution in [1.29, 1.82) is 0 Å².